The lowest BCUT2D eigenvalue weighted by Crippen LogP contribution is -2.08. The molecule has 0 unspecified atom stereocenters. The first-order chi connectivity index (χ1) is 8.70. The van der Waals surface area contributed by atoms with E-state index < -0.39 is 18.6 Å². The van der Waals surface area contributed by atoms with Crippen molar-refractivity contribution in [1.29, 1.82) is 0 Å². The third kappa shape index (κ3) is 5.10. The summed E-state index contributed by atoms with van der Waals surface area (Å²) in [5.74, 6) is -0.918. The van der Waals surface area contributed by atoms with Crippen LogP contribution in [0, 0.1) is 13.8 Å². The number of hydrogen-bond donors (Lipinski definition) is 1. The minimum atomic E-state index is -4.17. The molecule has 0 aliphatic heterocycles. The van der Waals surface area contributed by atoms with Crippen LogP contribution >= 0.6 is 11.8 Å². The quantitative estimate of drug-likeness (QED) is 0.662. The molecule has 0 saturated carbocycles. The zero-order valence-electron chi connectivity index (χ0n) is 10.5. The van der Waals surface area contributed by atoms with Crippen LogP contribution < -0.4 is 0 Å². The van der Waals surface area contributed by atoms with Gasteiger partial charge in [-0.25, -0.2) is 9.78 Å². The monoisotopic (exact) mass is 293 g/mol. The van der Waals surface area contributed by atoms with Crippen LogP contribution in [0.5, 0.6) is 0 Å². The number of thioether (sulfide) groups is 1. The van der Waals surface area contributed by atoms with Gasteiger partial charge in [0.1, 0.15) is 5.03 Å². The topological polar surface area (TPSA) is 50.2 Å². The van der Waals surface area contributed by atoms with Crippen LogP contribution in [0.4, 0.5) is 13.2 Å². The fourth-order valence-corrected chi connectivity index (χ4v) is 2.69. The highest BCUT2D eigenvalue weighted by Gasteiger charge is 2.26. The summed E-state index contributed by atoms with van der Waals surface area (Å²) in [4.78, 5) is 15.2. The van der Waals surface area contributed by atoms with Crippen molar-refractivity contribution in [3.8, 4) is 0 Å². The molecule has 3 nitrogen and oxygen atoms in total. The van der Waals surface area contributed by atoms with E-state index in [0.717, 1.165) is 11.8 Å². The number of hydrogen-bond acceptors (Lipinski definition) is 3. The van der Waals surface area contributed by atoms with E-state index in [-0.39, 0.29) is 22.8 Å². The lowest BCUT2D eigenvalue weighted by Gasteiger charge is -2.10. The highest BCUT2D eigenvalue weighted by Crippen LogP contribution is 2.27. The number of carboxylic acids is 1. The van der Waals surface area contributed by atoms with E-state index in [1.54, 1.807) is 19.9 Å². The molecular formula is C12H14F3NO2S. The molecule has 0 amide bonds. The van der Waals surface area contributed by atoms with Gasteiger partial charge in [0, 0.05) is 12.1 Å². The van der Waals surface area contributed by atoms with Crippen LogP contribution in [0.25, 0.3) is 0 Å². The van der Waals surface area contributed by atoms with Gasteiger partial charge in [0.15, 0.2) is 0 Å². The Balaban J connectivity index is 2.75. The van der Waals surface area contributed by atoms with Crippen LogP contribution in [-0.2, 0) is 0 Å². The molecule has 1 rings (SSSR count). The van der Waals surface area contributed by atoms with Crippen LogP contribution in [0.3, 0.4) is 0 Å². The number of halogens is 3. The van der Waals surface area contributed by atoms with Crippen molar-refractivity contribution < 1.29 is 23.1 Å². The van der Waals surface area contributed by atoms with Gasteiger partial charge >= 0.3 is 12.1 Å². The Morgan fingerprint density at radius 1 is 1.42 bits per heavy atom. The van der Waals surface area contributed by atoms with Crippen LogP contribution in [0.2, 0.25) is 0 Å². The van der Waals surface area contributed by atoms with Crippen LogP contribution in [-0.4, -0.2) is 28.0 Å². The standard InChI is InChI=1S/C12H14F3NO2S/c1-7-6-8(2)16-10(9(7)11(17)18)19-5-3-4-12(13,14)15/h6H,3-5H2,1-2H3,(H,17,18). The molecule has 0 bridgehead atoms. The SMILES string of the molecule is Cc1cc(C)c(C(=O)O)c(SCCCC(F)(F)F)n1. The number of pyridine rings is 1. The van der Waals surface area contributed by atoms with E-state index in [4.69, 9.17) is 5.11 Å². The van der Waals surface area contributed by atoms with Crippen molar-refractivity contribution in [3.63, 3.8) is 0 Å². The highest BCUT2D eigenvalue weighted by atomic mass is 32.2. The molecule has 0 aliphatic rings. The molecule has 0 fully saturated rings. The molecule has 0 aromatic carbocycles. The molecule has 7 heteroatoms. The average Bonchev–Trinajstić information content (AvgIpc) is 2.21. The van der Waals surface area contributed by atoms with Crippen molar-refractivity contribution in [2.75, 3.05) is 5.75 Å². The van der Waals surface area contributed by atoms with E-state index in [1.165, 1.54) is 0 Å². The molecule has 1 N–H and O–H groups in total. The maximum atomic E-state index is 12.0. The van der Waals surface area contributed by atoms with Gasteiger partial charge in [0.25, 0.3) is 0 Å². The largest absolute Gasteiger partial charge is 0.478 e. The molecule has 106 valence electrons. The van der Waals surface area contributed by atoms with Crippen LogP contribution in [0.15, 0.2) is 11.1 Å². The minimum Gasteiger partial charge on any atom is -0.478 e. The second kappa shape index (κ2) is 6.27. The van der Waals surface area contributed by atoms with Gasteiger partial charge in [-0.2, -0.15) is 13.2 Å². The fourth-order valence-electron chi connectivity index (χ4n) is 1.61. The molecule has 0 saturated heterocycles. The van der Waals surface area contributed by atoms with Gasteiger partial charge in [-0.05, 0) is 37.7 Å². The molecule has 0 radical (unpaired) electrons. The van der Waals surface area contributed by atoms with Crippen molar-refractivity contribution in [1.82, 2.24) is 4.98 Å². The van der Waals surface area contributed by atoms with Gasteiger partial charge in [-0.15, -0.1) is 11.8 Å². The first kappa shape index (κ1) is 15.8. The zero-order valence-corrected chi connectivity index (χ0v) is 11.4. The van der Waals surface area contributed by atoms with E-state index in [2.05, 4.69) is 4.98 Å². The van der Waals surface area contributed by atoms with Gasteiger partial charge in [-0.3, -0.25) is 0 Å². The van der Waals surface area contributed by atoms with Crippen molar-refractivity contribution >= 4 is 17.7 Å². The fraction of sp³-hybridized carbons (Fsp3) is 0.500. The molecule has 1 aromatic heterocycles. The maximum Gasteiger partial charge on any atom is 0.389 e. The normalized spacial score (nSPS) is 11.6. The number of aromatic nitrogens is 1. The second-order valence-electron chi connectivity index (χ2n) is 4.13. The van der Waals surface area contributed by atoms with Gasteiger partial charge < -0.3 is 5.11 Å². The highest BCUT2D eigenvalue weighted by molar-refractivity contribution is 7.99. The summed E-state index contributed by atoms with van der Waals surface area (Å²) < 4.78 is 36.0. The van der Waals surface area contributed by atoms with Gasteiger partial charge in [0.2, 0.25) is 0 Å². The predicted molar refractivity (Wildman–Crippen MR) is 66.7 cm³/mol. The minimum absolute atomic E-state index is 0.0537. The van der Waals surface area contributed by atoms with Crippen molar-refractivity contribution in [3.05, 3.63) is 22.9 Å². The van der Waals surface area contributed by atoms with Gasteiger partial charge in [-0.1, -0.05) is 0 Å². The zero-order chi connectivity index (χ0) is 14.6. The molecule has 1 aromatic rings. The van der Waals surface area contributed by atoms with Crippen molar-refractivity contribution in [2.45, 2.75) is 37.9 Å². The number of nitrogens with zero attached hydrogens (tertiary/aromatic N) is 1. The molecule has 1 heterocycles. The third-order valence-corrected chi connectivity index (χ3v) is 3.43. The second-order valence-corrected chi connectivity index (χ2v) is 5.22. The van der Waals surface area contributed by atoms with Crippen LogP contribution in [0.1, 0.15) is 34.5 Å². The summed E-state index contributed by atoms with van der Waals surface area (Å²) >= 11 is 1.05. The van der Waals surface area contributed by atoms with Crippen molar-refractivity contribution in [2.24, 2.45) is 0 Å². The number of alkyl halides is 3. The van der Waals surface area contributed by atoms with E-state index in [9.17, 15) is 18.0 Å². The average molecular weight is 293 g/mol. The first-order valence-electron chi connectivity index (χ1n) is 5.62. The lowest BCUT2D eigenvalue weighted by molar-refractivity contribution is -0.134. The maximum absolute atomic E-state index is 12.0. The third-order valence-electron chi connectivity index (χ3n) is 2.37. The smallest absolute Gasteiger partial charge is 0.389 e. The molecular weight excluding hydrogens is 279 g/mol. The van der Waals surface area contributed by atoms with E-state index >= 15 is 0 Å². The Hall–Kier alpha value is -1.24. The number of aryl methyl sites for hydroxylation is 2. The summed E-state index contributed by atoms with van der Waals surface area (Å²) in [5.41, 5.74) is 1.29. The Morgan fingerprint density at radius 2 is 2.05 bits per heavy atom. The number of rotatable bonds is 5. The molecule has 0 spiro atoms. The molecule has 0 aliphatic carbocycles. The summed E-state index contributed by atoms with van der Waals surface area (Å²) in [7, 11) is 0. The number of carboxylic acid groups (broad SMARTS) is 1. The molecule has 0 atom stereocenters. The Morgan fingerprint density at radius 3 is 2.58 bits per heavy atom. The summed E-state index contributed by atoms with van der Waals surface area (Å²) in [6.07, 6.45) is -5.10. The predicted octanol–water partition coefficient (Wildman–Crippen LogP) is 3.83. The van der Waals surface area contributed by atoms with Gasteiger partial charge in [0.05, 0.1) is 5.56 Å². The lowest BCUT2D eigenvalue weighted by atomic mass is 10.1. The Bertz CT molecular complexity index is 475. The van der Waals surface area contributed by atoms with E-state index in [1.807, 2.05) is 0 Å². The number of carbonyl (C=O) groups is 1. The number of aromatic carboxylic acids is 1. The summed E-state index contributed by atoms with van der Waals surface area (Å²) in [5, 5.41) is 9.37. The molecule has 19 heavy (non-hydrogen) atoms. The first-order valence-corrected chi connectivity index (χ1v) is 6.60. The van der Waals surface area contributed by atoms with E-state index in [0.29, 0.717) is 11.3 Å². The Kier molecular flexibility index (Phi) is 5.22. The summed E-state index contributed by atoms with van der Waals surface area (Å²) in [6.45, 7) is 3.37. The Labute approximate surface area is 113 Å². The summed E-state index contributed by atoms with van der Waals surface area (Å²) in [6, 6.07) is 1.64.